The predicted molar refractivity (Wildman–Crippen MR) is 120 cm³/mol. The highest BCUT2D eigenvalue weighted by Crippen LogP contribution is 2.33. The van der Waals surface area contributed by atoms with Crippen molar-refractivity contribution in [1.29, 1.82) is 0 Å². The van der Waals surface area contributed by atoms with Crippen molar-refractivity contribution < 1.29 is 18.5 Å². The van der Waals surface area contributed by atoms with Gasteiger partial charge in [0.2, 0.25) is 5.91 Å². The van der Waals surface area contributed by atoms with Crippen molar-refractivity contribution in [3.63, 3.8) is 0 Å². The third kappa shape index (κ3) is 4.67. The van der Waals surface area contributed by atoms with E-state index in [1.807, 2.05) is 24.3 Å². The molecule has 4 rings (SSSR count). The maximum absolute atomic E-state index is 14.4. The van der Waals surface area contributed by atoms with E-state index in [1.54, 1.807) is 6.92 Å². The van der Waals surface area contributed by atoms with Crippen LogP contribution in [-0.4, -0.2) is 17.0 Å². The number of hydrogen-bond acceptors (Lipinski definition) is 4. The predicted octanol–water partition coefficient (Wildman–Crippen LogP) is 5.50. The topological polar surface area (TPSA) is 84.2 Å². The Morgan fingerprint density at radius 2 is 1.94 bits per heavy atom. The number of carbonyl (C=O) groups is 2. The van der Waals surface area contributed by atoms with Gasteiger partial charge in [0.15, 0.2) is 0 Å². The van der Waals surface area contributed by atoms with Crippen molar-refractivity contribution in [3.05, 3.63) is 70.2 Å². The van der Waals surface area contributed by atoms with E-state index in [0.717, 1.165) is 31.2 Å². The van der Waals surface area contributed by atoms with Crippen LogP contribution in [0.1, 0.15) is 47.4 Å². The Morgan fingerprint density at radius 1 is 1.19 bits per heavy atom. The van der Waals surface area contributed by atoms with Crippen molar-refractivity contribution in [2.24, 2.45) is 5.92 Å². The van der Waals surface area contributed by atoms with Crippen LogP contribution in [0.15, 0.2) is 47.0 Å². The number of carbonyl (C=O) groups excluding carboxylic acids is 2. The van der Waals surface area contributed by atoms with E-state index in [2.05, 4.69) is 15.8 Å². The molecule has 0 radical (unpaired) electrons. The Labute approximate surface area is 190 Å². The highest BCUT2D eigenvalue weighted by Gasteiger charge is 2.25. The van der Waals surface area contributed by atoms with Crippen molar-refractivity contribution >= 4 is 29.1 Å². The fourth-order valence-corrected chi connectivity index (χ4v) is 4.25. The maximum Gasteiger partial charge on any atom is 0.257 e. The summed E-state index contributed by atoms with van der Waals surface area (Å²) in [6, 6.07) is 11.6. The summed E-state index contributed by atoms with van der Waals surface area (Å²) in [6.07, 6.45) is 4.03. The van der Waals surface area contributed by atoms with Crippen molar-refractivity contribution in [3.8, 4) is 11.3 Å². The van der Waals surface area contributed by atoms with Crippen molar-refractivity contribution in [2.75, 3.05) is 5.32 Å². The monoisotopic (exact) mass is 455 g/mol. The summed E-state index contributed by atoms with van der Waals surface area (Å²) in [7, 11) is 0. The molecule has 0 aliphatic heterocycles. The lowest BCUT2D eigenvalue weighted by Crippen LogP contribution is -2.24. The number of aromatic nitrogens is 1. The zero-order valence-corrected chi connectivity index (χ0v) is 18.3. The van der Waals surface area contributed by atoms with E-state index in [-0.39, 0.29) is 46.0 Å². The third-order valence-electron chi connectivity index (χ3n) is 5.66. The highest BCUT2D eigenvalue weighted by molar-refractivity contribution is 6.33. The lowest BCUT2D eigenvalue weighted by atomic mass is 10.0. The largest absolute Gasteiger partial charge is 0.360 e. The Bertz CT molecular complexity index is 1130. The van der Waals surface area contributed by atoms with Gasteiger partial charge in [-0.05, 0) is 49.6 Å². The van der Waals surface area contributed by atoms with Crippen LogP contribution in [0.2, 0.25) is 5.02 Å². The Hall–Kier alpha value is -3.19. The first kappa shape index (κ1) is 22.0. The number of nitrogens with one attached hydrogen (secondary N) is 2. The van der Waals surface area contributed by atoms with Gasteiger partial charge >= 0.3 is 0 Å². The van der Waals surface area contributed by atoms with Crippen LogP contribution < -0.4 is 10.6 Å². The van der Waals surface area contributed by atoms with Crippen LogP contribution >= 0.6 is 11.6 Å². The highest BCUT2D eigenvalue weighted by atomic mass is 35.5. The zero-order valence-electron chi connectivity index (χ0n) is 17.6. The van der Waals surface area contributed by atoms with E-state index in [1.165, 1.54) is 18.2 Å². The van der Waals surface area contributed by atoms with E-state index < -0.39 is 11.7 Å². The summed E-state index contributed by atoms with van der Waals surface area (Å²) in [4.78, 5) is 25.3. The van der Waals surface area contributed by atoms with Gasteiger partial charge in [0.25, 0.3) is 5.91 Å². The number of amides is 2. The molecule has 0 saturated heterocycles. The summed E-state index contributed by atoms with van der Waals surface area (Å²) in [5.41, 5.74) is 1.70. The summed E-state index contributed by atoms with van der Waals surface area (Å²) in [5, 5.41) is 9.77. The molecule has 1 heterocycles. The summed E-state index contributed by atoms with van der Waals surface area (Å²) >= 11 is 6.14. The normalized spacial score (nSPS) is 13.8. The molecule has 8 heteroatoms. The SMILES string of the molecule is Cc1onc(-c2c(F)cccc2Cl)c1C(=O)NCc1cccc(NC(=O)C2CCCC2)c1. The number of rotatable bonds is 6. The van der Waals surface area contributed by atoms with Crippen molar-refractivity contribution in [2.45, 2.75) is 39.2 Å². The van der Waals surface area contributed by atoms with Gasteiger partial charge in [0.1, 0.15) is 22.8 Å². The molecule has 1 aromatic heterocycles. The van der Waals surface area contributed by atoms with Gasteiger partial charge in [-0.15, -0.1) is 0 Å². The molecule has 1 fully saturated rings. The van der Waals surface area contributed by atoms with Gasteiger partial charge in [-0.2, -0.15) is 0 Å². The summed E-state index contributed by atoms with van der Waals surface area (Å²) in [5.74, 6) is -0.688. The molecule has 0 bridgehead atoms. The number of benzene rings is 2. The molecule has 0 atom stereocenters. The maximum atomic E-state index is 14.4. The van der Waals surface area contributed by atoms with E-state index in [0.29, 0.717) is 5.69 Å². The molecule has 32 heavy (non-hydrogen) atoms. The number of hydrogen-bond donors (Lipinski definition) is 2. The van der Waals surface area contributed by atoms with Gasteiger partial charge in [-0.1, -0.05) is 47.8 Å². The molecule has 1 saturated carbocycles. The first-order chi connectivity index (χ1) is 15.4. The van der Waals surface area contributed by atoms with Gasteiger partial charge in [-0.25, -0.2) is 4.39 Å². The number of aryl methyl sites for hydroxylation is 1. The molecule has 2 amide bonds. The molecule has 166 valence electrons. The summed E-state index contributed by atoms with van der Waals surface area (Å²) in [6.45, 7) is 1.79. The van der Waals surface area contributed by atoms with Crippen molar-refractivity contribution in [1.82, 2.24) is 10.5 Å². The standard InChI is InChI=1S/C24H23ClFN3O3/c1-14-20(22(29-32-14)21-18(25)10-5-11-19(21)26)24(31)27-13-15-6-4-9-17(12-15)28-23(30)16-7-2-3-8-16/h4-6,9-12,16H,2-3,7-8,13H2,1H3,(H,27,31)(H,28,30). The minimum atomic E-state index is -0.592. The first-order valence-electron chi connectivity index (χ1n) is 10.5. The fourth-order valence-electron chi connectivity index (χ4n) is 4.00. The van der Waals surface area contributed by atoms with Gasteiger partial charge < -0.3 is 15.2 Å². The second-order valence-corrected chi connectivity index (χ2v) is 8.32. The van der Waals surface area contributed by atoms with Gasteiger partial charge in [0.05, 0.1) is 10.6 Å². The molecular formula is C24H23ClFN3O3. The van der Waals surface area contributed by atoms with Crippen LogP contribution in [0.5, 0.6) is 0 Å². The number of anilines is 1. The van der Waals surface area contributed by atoms with Crippen LogP contribution in [0.3, 0.4) is 0 Å². The van der Waals surface area contributed by atoms with Gasteiger partial charge in [0, 0.05) is 18.2 Å². The number of halogens is 2. The molecular weight excluding hydrogens is 433 g/mol. The van der Waals surface area contributed by atoms with E-state index in [4.69, 9.17) is 16.1 Å². The Balaban J connectivity index is 1.47. The molecule has 6 nitrogen and oxygen atoms in total. The van der Waals surface area contributed by atoms with Gasteiger partial charge in [-0.3, -0.25) is 9.59 Å². The minimum absolute atomic E-state index is 0.0211. The second-order valence-electron chi connectivity index (χ2n) is 7.91. The van der Waals surface area contributed by atoms with Crippen LogP contribution in [0.4, 0.5) is 10.1 Å². The van der Waals surface area contributed by atoms with Crippen LogP contribution in [-0.2, 0) is 11.3 Å². The van der Waals surface area contributed by atoms with Crippen LogP contribution in [0.25, 0.3) is 11.3 Å². The average Bonchev–Trinajstić information content (AvgIpc) is 3.43. The third-order valence-corrected chi connectivity index (χ3v) is 5.98. The molecule has 2 aromatic carbocycles. The summed E-state index contributed by atoms with van der Waals surface area (Å²) < 4.78 is 19.5. The lowest BCUT2D eigenvalue weighted by Gasteiger charge is -2.12. The molecule has 1 aliphatic carbocycles. The van der Waals surface area contributed by atoms with E-state index >= 15 is 0 Å². The fraction of sp³-hybridized carbons (Fsp3) is 0.292. The molecule has 1 aliphatic rings. The molecule has 0 unspecified atom stereocenters. The zero-order chi connectivity index (χ0) is 22.7. The lowest BCUT2D eigenvalue weighted by molar-refractivity contribution is -0.119. The molecule has 2 N–H and O–H groups in total. The molecule has 0 spiro atoms. The van der Waals surface area contributed by atoms with Crippen LogP contribution in [0, 0.1) is 18.7 Å². The Morgan fingerprint density at radius 3 is 2.69 bits per heavy atom. The number of nitrogens with zero attached hydrogens (tertiary/aromatic N) is 1. The first-order valence-corrected chi connectivity index (χ1v) is 10.9. The average molecular weight is 456 g/mol. The minimum Gasteiger partial charge on any atom is -0.360 e. The quantitative estimate of drug-likeness (QED) is 0.514. The second kappa shape index (κ2) is 9.53. The smallest absolute Gasteiger partial charge is 0.257 e. The Kier molecular flexibility index (Phi) is 6.55. The molecule has 3 aromatic rings. The van der Waals surface area contributed by atoms with E-state index in [9.17, 15) is 14.0 Å².